The van der Waals surface area contributed by atoms with E-state index < -0.39 is 0 Å². The second-order valence-electron chi connectivity index (χ2n) is 7.12. The highest BCUT2D eigenvalue weighted by atomic mass is 16.1. The van der Waals surface area contributed by atoms with E-state index in [9.17, 15) is 4.79 Å². The van der Waals surface area contributed by atoms with E-state index in [1.54, 1.807) is 0 Å². The molecule has 1 aliphatic rings. The number of imidazole rings is 1. The predicted octanol–water partition coefficient (Wildman–Crippen LogP) is 3.30. The van der Waals surface area contributed by atoms with Crippen LogP contribution < -0.4 is 10.2 Å². The molecular formula is C22H26N4O. The minimum atomic E-state index is 0.106. The first-order chi connectivity index (χ1) is 13.2. The Bertz CT molecular complexity index is 946. The number of amides is 1. The number of nitrogens with one attached hydrogen (secondary N) is 1. The lowest BCUT2D eigenvalue weighted by Gasteiger charge is -2.19. The van der Waals surface area contributed by atoms with Crippen LogP contribution in [0.4, 0.5) is 5.69 Å². The van der Waals surface area contributed by atoms with Gasteiger partial charge in [0.15, 0.2) is 0 Å². The van der Waals surface area contributed by atoms with Gasteiger partial charge in [0.2, 0.25) is 5.91 Å². The smallest absolute Gasteiger partial charge is 0.221 e. The third-order valence-corrected chi connectivity index (χ3v) is 5.32. The van der Waals surface area contributed by atoms with E-state index in [4.69, 9.17) is 0 Å². The monoisotopic (exact) mass is 362 g/mol. The molecule has 1 aromatic heterocycles. The van der Waals surface area contributed by atoms with Crippen LogP contribution in [0.2, 0.25) is 0 Å². The van der Waals surface area contributed by atoms with Crippen LogP contribution in [-0.4, -0.2) is 35.1 Å². The summed E-state index contributed by atoms with van der Waals surface area (Å²) in [7, 11) is 0. The van der Waals surface area contributed by atoms with Gasteiger partial charge in [-0.25, -0.2) is 4.98 Å². The average Bonchev–Trinajstić information content (AvgIpc) is 3.24. The Morgan fingerprint density at radius 1 is 1.11 bits per heavy atom. The maximum atomic E-state index is 12.2. The molecule has 1 N–H and O–H groups in total. The minimum absolute atomic E-state index is 0.106. The van der Waals surface area contributed by atoms with E-state index in [0.29, 0.717) is 13.0 Å². The molecule has 1 amide bonds. The zero-order chi connectivity index (χ0) is 18.6. The fourth-order valence-electron chi connectivity index (χ4n) is 3.92. The van der Waals surface area contributed by atoms with Crippen LogP contribution in [0, 0.1) is 6.92 Å². The Labute approximate surface area is 160 Å². The topological polar surface area (TPSA) is 50.2 Å². The summed E-state index contributed by atoms with van der Waals surface area (Å²) in [5.74, 6) is 1.06. The fraction of sp³-hybridized carbons (Fsp3) is 0.364. The molecule has 3 aromatic rings. The van der Waals surface area contributed by atoms with Crippen molar-refractivity contribution < 1.29 is 4.79 Å². The highest BCUT2D eigenvalue weighted by Gasteiger charge is 2.17. The Morgan fingerprint density at radius 3 is 2.85 bits per heavy atom. The molecule has 5 nitrogen and oxygen atoms in total. The number of aromatic nitrogens is 2. The summed E-state index contributed by atoms with van der Waals surface area (Å²) < 4.78 is 2.12. The number of fused-ring (bicyclic) bond motifs is 2. The maximum Gasteiger partial charge on any atom is 0.221 e. The molecule has 0 spiro atoms. The van der Waals surface area contributed by atoms with Crippen molar-refractivity contribution >= 4 is 22.6 Å². The van der Waals surface area contributed by atoms with E-state index in [-0.39, 0.29) is 5.91 Å². The van der Waals surface area contributed by atoms with Crippen molar-refractivity contribution in [3.05, 3.63) is 59.9 Å². The Balaban J connectivity index is 1.22. The van der Waals surface area contributed by atoms with Gasteiger partial charge in [0, 0.05) is 38.3 Å². The first-order valence-corrected chi connectivity index (χ1v) is 9.74. The second-order valence-corrected chi connectivity index (χ2v) is 7.12. The molecule has 4 rings (SSSR count). The summed E-state index contributed by atoms with van der Waals surface area (Å²) in [5.41, 5.74) is 4.87. The molecule has 0 saturated carbocycles. The van der Waals surface area contributed by atoms with Gasteiger partial charge in [0.1, 0.15) is 5.82 Å². The van der Waals surface area contributed by atoms with E-state index in [0.717, 1.165) is 49.3 Å². The second kappa shape index (κ2) is 7.82. The lowest BCUT2D eigenvalue weighted by atomic mass is 10.2. The molecular weight excluding hydrogens is 336 g/mol. The standard InChI is InChI=1S/C22H26N4O/c1-17-24-19-8-3-5-10-21(19)26(17)16-12-22(27)23-13-6-14-25-15-11-18-7-2-4-9-20(18)25/h2-5,7-10H,6,11-16H2,1H3,(H,23,27). The number of rotatable bonds is 7. The van der Waals surface area contributed by atoms with Crippen molar-refractivity contribution in [3.63, 3.8) is 0 Å². The zero-order valence-corrected chi connectivity index (χ0v) is 15.8. The van der Waals surface area contributed by atoms with Gasteiger partial charge in [-0.05, 0) is 43.5 Å². The number of para-hydroxylation sites is 3. The van der Waals surface area contributed by atoms with Gasteiger partial charge in [-0.3, -0.25) is 4.79 Å². The lowest BCUT2D eigenvalue weighted by Crippen LogP contribution is -2.29. The van der Waals surface area contributed by atoms with Gasteiger partial charge in [0.25, 0.3) is 0 Å². The summed E-state index contributed by atoms with van der Waals surface area (Å²) in [5, 5.41) is 3.06. The molecule has 0 fully saturated rings. The molecule has 0 aliphatic carbocycles. The van der Waals surface area contributed by atoms with Gasteiger partial charge in [-0.1, -0.05) is 30.3 Å². The van der Waals surface area contributed by atoms with Crippen LogP contribution in [0.3, 0.4) is 0 Å². The van der Waals surface area contributed by atoms with Crippen LogP contribution in [-0.2, 0) is 17.8 Å². The van der Waals surface area contributed by atoms with Crippen LogP contribution in [0.15, 0.2) is 48.5 Å². The number of benzene rings is 2. The maximum absolute atomic E-state index is 12.2. The number of nitrogens with zero attached hydrogens (tertiary/aromatic N) is 3. The van der Waals surface area contributed by atoms with E-state index in [2.05, 4.69) is 50.1 Å². The summed E-state index contributed by atoms with van der Waals surface area (Å²) in [4.78, 5) is 19.2. The largest absolute Gasteiger partial charge is 0.371 e. The van der Waals surface area contributed by atoms with Gasteiger partial charge < -0.3 is 14.8 Å². The van der Waals surface area contributed by atoms with Crippen molar-refractivity contribution in [2.45, 2.75) is 32.7 Å². The van der Waals surface area contributed by atoms with Gasteiger partial charge in [0.05, 0.1) is 11.0 Å². The summed E-state index contributed by atoms with van der Waals surface area (Å²) in [6.45, 7) is 5.45. The lowest BCUT2D eigenvalue weighted by molar-refractivity contribution is -0.121. The van der Waals surface area contributed by atoms with Gasteiger partial charge in [-0.15, -0.1) is 0 Å². The zero-order valence-electron chi connectivity index (χ0n) is 15.8. The summed E-state index contributed by atoms with van der Waals surface area (Å²) in [6, 6.07) is 16.7. The molecule has 0 atom stereocenters. The Kier molecular flexibility index (Phi) is 5.10. The van der Waals surface area contributed by atoms with Gasteiger partial charge in [-0.2, -0.15) is 0 Å². The number of carbonyl (C=O) groups is 1. The number of hydrogen-bond acceptors (Lipinski definition) is 3. The van der Waals surface area contributed by atoms with E-state index in [1.165, 1.54) is 11.3 Å². The summed E-state index contributed by atoms with van der Waals surface area (Å²) in [6.07, 6.45) is 2.57. The number of anilines is 1. The first kappa shape index (κ1) is 17.6. The molecule has 5 heteroatoms. The molecule has 1 aliphatic heterocycles. The third kappa shape index (κ3) is 3.82. The predicted molar refractivity (Wildman–Crippen MR) is 109 cm³/mol. The number of carbonyl (C=O) groups excluding carboxylic acids is 1. The summed E-state index contributed by atoms with van der Waals surface area (Å²) >= 11 is 0. The fourth-order valence-corrected chi connectivity index (χ4v) is 3.92. The molecule has 0 bridgehead atoms. The van der Waals surface area contributed by atoms with Crippen molar-refractivity contribution in [2.24, 2.45) is 0 Å². The molecule has 0 radical (unpaired) electrons. The number of hydrogen-bond donors (Lipinski definition) is 1. The van der Waals surface area contributed by atoms with Crippen LogP contribution in [0.25, 0.3) is 11.0 Å². The van der Waals surface area contributed by atoms with Crippen molar-refractivity contribution in [1.29, 1.82) is 0 Å². The Hall–Kier alpha value is -2.82. The third-order valence-electron chi connectivity index (χ3n) is 5.32. The van der Waals surface area contributed by atoms with E-state index >= 15 is 0 Å². The SMILES string of the molecule is Cc1nc2ccccc2n1CCC(=O)NCCCN1CCc2ccccc21. The van der Waals surface area contributed by atoms with E-state index in [1.807, 2.05) is 25.1 Å². The van der Waals surface area contributed by atoms with Crippen LogP contribution in [0.1, 0.15) is 24.2 Å². The van der Waals surface area contributed by atoms with Crippen molar-refractivity contribution in [2.75, 3.05) is 24.5 Å². The highest BCUT2D eigenvalue weighted by Crippen LogP contribution is 2.27. The molecule has 140 valence electrons. The van der Waals surface area contributed by atoms with Crippen molar-refractivity contribution in [1.82, 2.24) is 14.9 Å². The Morgan fingerprint density at radius 2 is 1.93 bits per heavy atom. The molecule has 27 heavy (non-hydrogen) atoms. The molecule has 0 saturated heterocycles. The molecule has 2 heterocycles. The molecule has 2 aromatic carbocycles. The number of aryl methyl sites for hydroxylation is 2. The highest BCUT2D eigenvalue weighted by molar-refractivity contribution is 5.78. The quantitative estimate of drug-likeness (QED) is 0.656. The molecule has 0 unspecified atom stereocenters. The normalized spacial score (nSPS) is 13.1. The average molecular weight is 362 g/mol. The van der Waals surface area contributed by atoms with Crippen LogP contribution in [0.5, 0.6) is 0 Å². The van der Waals surface area contributed by atoms with Crippen molar-refractivity contribution in [3.8, 4) is 0 Å². The van der Waals surface area contributed by atoms with Gasteiger partial charge >= 0.3 is 0 Å². The first-order valence-electron chi connectivity index (χ1n) is 9.74. The minimum Gasteiger partial charge on any atom is -0.371 e. The van der Waals surface area contributed by atoms with Crippen LogP contribution >= 0.6 is 0 Å².